The predicted molar refractivity (Wildman–Crippen MR) is 103 cm³/mol. The number of benzene rings is 2. The molecule has 3 N–H and O–H groups in total. The smallest absolute Gasteiger partial charge is 0.0497 e. The van der Waals surface area contributed by atoms with Gasteiger partial charge in [-0.1, -0.05) is 40.2 Å². The zero-order valence-corrected chi connectivity index (χ0v) is 15.3. The first-order valence-corrected chi connectivity index (χ1v) is 8.98. The van der Waals surface area contributed by atoms with Crippen LogP contribution < -0.4 is 5.73 Å². The predicted octanol–water partition coefficient (Wildman–Crippen LogP) is 5.50. The lowest BCUT2D eigenvalue weighted by Crippen LogP contribution is -1.99. The van der Waals surface area contributed by atoms with E-state index in [0.29, 0.717) is 0 Å². The van der Waals surface area contributed by atoms with Crippen molar-refractivity contribution in [3.05, 3.63) is 57.6 Å². The van der Waals surface area contributed by atoms with Gasteiger partial charge in [-0.2, -0.15) is 0 Å². The quantitative estimate of drug-likeness (QED) is 0.572. The van der Waals surface area contributed by atoms with E-state index < -0.39 is 0 Å². The molecular weight excluding hydrogens is 348 g/mol. The summed E-state index contributed by atoms with van der Waals surface area (Å²) in [5.74, 6) is 0. The minimum Gasteiger partial charge on any atom is -0.354 e. The lowest BCUT2D eigenvalue weighted by molar-refractivity contribution is 0.748. The summed E-state index contributed by atoms with van der Waals surface area (Å²) in [5, 5.41) is 1.39. The van der Waals surface area contributed by atoms with E-state index in [2.05, 4.69) is 71.2 Å². The van der Waals surface area contributed by atoms with E-state index in [1.54, 1.807) is 0 Å². The second-order valence-corrected chi connectivity index (χ2v) is 7.10. The molecule has 0 atom stereocenters. The van der Waals surface area contributed by atoms with Crippen LogP contribution >= 0.6 is 15.9 Å². The second kappa shape index (κ2) is 6.90. The van der Waals surface area contributed by atoms with Crippen LogP contribution in [0.25, 0.3) is 22.2 Å². The average Bonchev–Trinajstić information content (AvgIpc) is 2.93. The van der Waals surface area contributed by atoms with E-state index in [-0.39, 0.29) is 0 Å². The van der Waals surface area contributed by atoms with Crippen molar-refractivity contribution in [1.82, 2.24) is 4.98 Å². The molecular formula is C20H23BrN2. The molecule has 0 fully saturated rings. The first kappa shape index (κ1) is 16.3. The van der Waals surface area contributed by atoms with Crippen molar-refractivity contribution in [1.29, 1.82) is 0 Å². The van der Waals surface area contributed by atoms with Gasteiger partial charge in [-0.05, 0) is 74.0 Å². The van der Waals surface area contributed by atoms with Gasteiger partial charge < -0.3 is 10.7 Å². The molecule has 0 spiro atoms. The zero-order chi connectivity index (χ0) is 16.4. The summed E-state index contributed by atoms with van der Waals surface area (Å²) in [5.41, 5.74) is 13.5. The molecule has 0 saturated heterocycles. The normalized spacial score (nSPS) is 11.3. The zero-order valence-electron chi connectivity index (χ0n) is 13.7. The Morgan fingerprint density at radius 2 is 1.65 bits per heavy atom. The summed E-state index contributed by atoms with van der Waals surface area (Å²) >= 11 is 3.52. The summed E-state index contributed by atoms with van der Waals surface area (Å²) in [6.07, 6.45) is 3.25. The Morgan fingerprint density at radius 3 is 2.35 bits per heavy atom. The fraction of sp³-hybridized carbons (Fsp3) is 0.300. The highest BCUT2D eigenvalue weighted by Gasteiger charge is 2.15. The molecule has 1 heterocycles. The molecule has 0 aliphatic heterocycles. The van der Waals surface area contributed by atoms with Crippen molar-refractivity contribution in [2.45, 2.75) is 33.1 Å². The number of unbranched alkanes of at least 4 members (excludes halogenated alkanes) is 1. The number of halogens is 1. The number of aromatic nitrogens is 1. The van der Waals surface area contributed by atoms with Gasteiger partial charge in [-0.15, -0.1) is 0 Å². The van der Waals surface area contributed by atoms with Gasteiger partial charge >= 0.3 is 0 Å². The van der Waals surface area contributed by atoms with Gasteiger partial charge in [0.2, 0.25) is 0 Å². The maximum atomic E-state index is 5.69. The minimum absolute atomic E-state index is 0.758. The number of aryl methyl sites for hydroxylation is 3. The summed E-state index contributed by atoms with van der Waals surface area (Å²) in [6, 6.07) is 13.0. The molecule has 0 saturated carbocycles. The summed E-state index contributed by atoms with van der Waals surface area (Å²) < 4.78 is 1.11. The van der Waals surface area contributed by atoms with E-state index in [4.69, 9.17) is 5.73 Å². The Morgan fingerprint density at radius 1 is 0.957 bits per heavy atom. The maximum absolute atomic E-state index is 5.69. The standard InChI is InChI=1S/C20H23BrN2/c1-13-6-7-14(2)19-18(13)17(5-3-4-12-22)20(23-19)15-8-10-16(21)11-9-15/h6-11,23H,3-5,12,22H2,1-2H3. The second-order valence-electron chi connectivity index (χ2n) is 6.18. The molecule has 0 aliphatic carbocycles. The van der Waals surface area contributed by atoms with Gasteiger partial charge in [-0.25, -0.2) is 0 Å². The number of fused-ring (bicyclic) bond motifs is 1. The van der Waals surface area contributed by atoms with E-state index in [0.717, 1.165) is 30.3 Å². The van der Waals surface area contributed by atoms with Gasteiger partial charge in [0.1, 0.15) is 0 Å². The van der Waals surface area contributed by atoms with Crippen LogP contribution in [0.3, 0.4) is 0 Å². The fourth-order valence-electron chi connectivity index (χ4n) is 3.25. The van der Waals surface area contributed by atoms with E-state index >= 15 is 0 Å². The lowest BCUT2D eigenvalue weighted by Gasteiger charge is -2.07. The van der Waals surface area contributed by atoms with Gasteiger partial charge in [0.25, 0.3) is 0 Å². The number of H-pyrrole nitrogens is 1. The Balaban J connectivity index is 2.19. The first-order chi connectivity index (χ1) is 11.1. The molecule has 2 aromatic carbocycles. The molecule has 0 amide bonds. The van der Waals surface area contributed by atoms with Crippen LogP contribution in [0.2, 0.25) is 0 Å². The molecule has 0 bridgehead atoms. The van der Waals surface area contributed by atoms with Gasteiger partial charge in [0, 0.05) is 21.1 Å². The van der Waals surface area contributed by atoms with Crippen LogP contribution in [0.15, 0.2) is 40.9 Å². The van der Waals surface area contributed by atoms with Crippen molar-refractivity contribution < 1.29 is 0 Å². The number of aromatic amines is 1. The van der Waals surface area contributed by atoms with Crippen molar-refractivity contribution in [2.75, 3.05) is 6.54 Å². The summed E-state index contributed by atoms with van der Waals surface area (Å²) in [7, 11) is 0. The number of rotatable bonds is 5. The van der Waals surface area contributed by atoms with Crippen LogP contribution in [0.4, 0.5) is 0 Å². The van der Waals surface area contributed by atoms with Crippen LogP contribution in [0.1, 0.15) is 29.5 Å². The Hall–Kier alpha value is -1.58. The third kappa shape index (κ3) is 3.22. The molecule has 0 unspecified atom stereocenters. The molecule has 23 heavy (non-hydrogen) atoms. The monoisotopic (exact) mass is 370 g/mol. The topological polar surface area (TPSA) is 41.8 Å². The average molecular weight is 371 g/mol. The Labute approximate surface area is 146 Å². The molecule has 120 valence electrons. The Kier molecular flexibility index (Phi) is 4.88. The number of hydrogen-bond donors (Lipinski definition) is 2. The third-order valence-electron chi connectivity index (χ3n) is 4.49. The Bertz CT molecular complexity index is 816. The van der Waals surface area contributed by atoms with E-state index in [1.807, 2.05) is 0 Å². The molecule has 3 aromatic rings. The largest absolute Gasteiger partial charge is 0.354 e. The third-order valence-corrected chi connectivity index (χ3v) is 5.02. The molecule has 1 aromatic heterocycles. The molecule has 2 nitrogen and oxygen atoms in total. The minimum atomic E-state index is 0.758. The lowest BCUT2D eigenvalue weighted by atomic mass is 9.97. The van der Waals surface area contributed by atoms with Gasteiger partial charge in [0.05, 0.1) is 0 Å². The highest BCUT2D eigenvalue weighted by atomic mass is 79.9. The van der Waals surface area contributed by atoms with Crippen LogP contribution in [-0.2, 0) is 6.42 Å². The molecule has 3 rings (SSSR count). The number of nitrogens with one attached hydrogen (secondary N) is 1. The SMILES string of the molecule is Cc1ccc(C)c2c(CCCCN)c(-c3ccc(Br)cc3)[nH]c12. The summed E-state index contributed by atoms with van der Waals surface area (Å²) in [4.78, 5) is 3.69. The number of nitrogens with two attached hydrogens (primary N) is 1. The van der Waals surface area contributed by atoms with Crippen molar-refractivity contribution in [3.8, 4) is 11.3 Å². The molecule has 3 heteroatoms. The highest BCUT2D eigenvalue weighted by Crippen LogP contribution is 2.35. The van der Waals surface area contributed by atoms with Gasteiger partial charge in [0.15, 0.2) is 0 Å². The van der Waals surface area contributed by atoms with Crippen molar-refractivity contribution >= 4 is 26.8 Å². The molecule has 0 radical (unpaired) electrons. The van der Waals surface area contributed by atoms with E-state index in [1.165, 1.54) is 38.9 Å². The first-order valence-electron chi connectivity index (χ1n) is 8.18. The number of hydrogen-bond acceptors (Lipinski definition) is 1. The van der Waals surface area contributed by atoms with Crippen molar-refractivity contribution in [3.63, 3.8) is 0 Å². The van der Waals surface area contributed by atoms with Crippen LogP contribution in [-0.4, -0.2) is 11.5 Å². The maximum Gasteiger partial charge on any atom is 0.0497 e. The van der Waals surface area contributed by atoms with Crippen molar-refractivity contribution in [2.24, 2.45) is 5.73 Å². The molecule has 0 aliphatic rings. The van der Waals surface area contributed by atoms with Crippen LogP contribution in [0.5, 0.6) is 0 Å². The van der Waals surface area contributed by atoms with Gasteiger partial charge in [-0.3, -0.25) is 0 Å². The van der Waals surface area contributed by atoms with Crippen LogP contribution in [0, 0.1) is 13.8 Å². The highest BCUT2D eigenvalue weighted by molar-refractivity contribution is 9.10. The summed E-state index contributed by atoms with van der Waals surface area (Å²) in [6.45, 7) is 5.13. The van der Waals surface area contributed by atoms with E-state index in [9.17, 15) is 0 Å². The fourth-order valence-corrected chi connectivity index (χ4v) is 3.51.